The highest BCUT2D eigenvalue weighted by atomic mass is 15.2. The van der Waals surface area contributed by atoms with Crippen molar-refractivity contribution in [3.8, 4) is 6.07 Å². The van der Waals surface area contributed by atoms with E-state index < -0.39 is 0 Å². The molecule has 1 rings (SSSR count). The van der Waals surface area contributed by atoms with Crippen molar-refractivity contribution in [2.75, 3.05) is 6.54 Å². The molecule has 0 radical (unpaired) electrons. The highest BCUT2D eigenvalue weighted by Crippen LogP contribution is 2.18. The molecule has 0 aromatic carbocycles. The maximum absolute atomic E-state index is 9.26. The highest BCUT2D eigenvalue weighted by molar-refractivity contribution is 5.16. The molecule has 18 heavy (non-hydrogen) atoms. The Balaban J connectivity index is 2.63. The standard InChI is InChI=1S/C15H23N3/c1-12(2)18(13(3)4)10-8-14(11-16)15-7-5-6-9-17-15/h5-7,9,12-14H,8,10H2,1-4H3/t14-/m0/s1. The van der Waals surface area contributed by atoms with Crippen molar-refractivity contribution in [2.45, 2.75) is 52.1 Å². The molecule has 0 aliphatic rings. The number of hydrogen-bond acceptors (Lipinski definition) is 3. The van der Waals surface area contributed by atoms with Crippen LogP contribution in [0.25, 0.3) is 0 Å². The molecule has 0 unspecified atom stereocenters. The summed E-state index contributed by atoms with van der Waals surface area (Å²) in [7, 11) is 0. The molecule has 98 valence electrons. The van der Waals surface area contributed by atoms with E-state index in [4.69, 9.17) is 0 Å². The van der Waals surface area contributed by atoms with E-state index >= 15 is 0 Å². The van der Waals surface area contributed by atoms with Gasteiger partial charge in [0.25, 0.3) is 0 Å². The number of hydrogen-bond donors (Lipinski definition) is 0. The second-order valence-corrected chi connectivity index (χ2v) is 5.15. The first-order valence-corrected chi connectivity index (χ1v) is 6.62. The zero-order chi connectivity index (χ0) is 13.5. The quantitative estimate of drug-likeness (QED) is 0.772. The topological polar surface area (TPSA) is 39.9 Å². The van der Waals surface area contributed by atoms with E-state index in [2.05, 4.69) is 43.6 Å². The van der Waals surface area contributed by atoms with Crippen molar-refractivity contribution in [2.24, 2.45) is 0 Å². The molecule has 0 saturated heterocycles. The molecule has 0 aliphatic carbocycles. The Morgan fingerprint density at radius 2 is 1.89 bits per heavy atom. The van der Waals surface area contributed by atoms with Crippen molar-refractivity contribution in [3.63, 3.8) is 0 Å². The summed E-state index contributed by atoms with van der Waals surface area (Å²) in [6, 6.07) is 9.13. The van der Waals surface area contributed by atoms with Gasteiger partial charge < -0.3 is 0 Å². The van der Waals surface area contributed by atoms with Crippen LogP contribution in [0.1, 0.15) is 45.7 Å². The van der Waals surface area contributed by atoms with Gasteiger partial charge in [0.15, 0.2) is 0 Å². The van der Waals surface area contributed by atoms with Gasteiger partial charge in [-0.15, -0.1) is 0 Å². The summed E-state index contributed by atoms with van der Waals surface area (Å²) in [5.41, 5.74) is 0.882. The van der Waals surface area contributed by atoms with Gasteiger partial charge in [-0.2, -0.15) is 5.26 Å². The van der Waals surface area contributed by atoms with Crippen LogP contribution >= 0.6 is 0 Å². The summed E-state index contributed by atoms with van der Waals surface area (Å²) >= 11 is 0. The first-order chi connectivity index (χ1) is 8.56. The molecule has 0 N–H and O–H groups in total. The molecular weight excluding hydrogens is 222 g/mol. The van der Waals surface area contributed by atoms with Crippen LogP contribution in [-0.2, 0) is 0 Å². The van der Waals surface area contributed by atoms with E-state index in [0.29, 0.717) is 12.1 Å². The lowest BCUT2D eigenvalue weighted by Crippen LogP contribution is -2.38. The van der Waals surface area contributed by atoms with Gasteiger partial charge >= 0.3 is 0 Å². The summed E-state index contributed by atoms with van der Waals surface area (Å²) in [4.78, 5) is 6.69. The number of pyridine rings is 1. The molecule has 1 atom stereocenters. The molecule has 0 amide bonds. The van der Waals surface area contributed by atoms with Gasteiger partial charge in [0, 0.05) is 24.8 Å². The maximum Gasteiger partial charge on any atom is 0.0896 e. The fourth-order valence-corrected chi connectivity index (χ4v) is 2.25. The zero-order valence-corrected chi connectivity index (χ0v) is 11.8. The third-order valence-corrected chi connectivity index (χ3v) is 3.20. The van der Waals surface area contributed by atoms with Gasteiger partial charge in [-0.1, -0.05) is 6.07 Å². The van der Waals surface area contributed by atoms with Crippen LogP contribution in [0.5, 0.6) is 0 Å². The van der Waals surface area contributed by atoms with Crippen LogP contribution in [-0.4, -0.2) is 28.5 Å². The molecule has 3 nitrogen and oxygen atoms in total. The van der Waals surface area contributed by atoms with E-state index in [1.807, 2.05) is 18.2 Å². The number of rotatable bonds is 6. The molecular formula is C15H23N3. The molecule has 0 bridgehead atoms. The average molecular weight is 245 g/mol. The van der Waals surface area contributed by atoms with Crippen molar-refractivity contribution in [1.29, 1.82) is 5.26 Å². The Kier molecular flexibility index (Phi) is 5.80. The normalized spacial score (nSPS) is 13.0. The van der Waals surface area contributed by atoms with Crippen LogP contribution in [0.3, 0.4) is 0 Å². The van der Waals surface area contributed by atoms with Crippen LogP contribution in [0, 0.1) is 11.3 Å². The maximum atomic E-state index is 9.26. The first-order valence-electron chi connectivity index (χ1n) is 6.62. The summed E-state index contributed by atoms with van der Waals surface area (Å²) in [6.07, 6.45) is 2.59. The fraction of sp³-hybridized carbons (Fsp3) is 0.600. The Labute approximate surface area is 110 Å². The van der Waals surface area contributed by atoms with Crippen molar-refractivity contribution in [1.82, 2.24) is 9.88 Å². The molecule has 3 heteroatoms. The lowest BCUT2D eigenvalue weighted by molar-refractivity contribution is 0.171. The minimum atomic E-state index is -0.105. The van der Waals surface area contributed by atoms with Crippen LogP contribution in [0.2, 0.25) is 0 Å². The molecule has 1 aromatic rings. The predicted molar refractivity (Wildman–Crippen MR) is 74.2 cm³/mol. The van der Waals surface area contributed by atoms with E-state index in [1.54, 1.807) is 6.20 Å². The van der Waals surface area contributed by atoms with Crippen molar-refractivity contribution < 1.29 is 0 Å². The second-order valence-electron chi connectivity index (χ2n) is 5.15. The predicted octanol–water partition coefficient (Wildman–Crippen LogP) is 3.20. The summed E-state index contributed by atoms with van der Waals surface area (Å²) in [5.74, 6) is -0.105. The van der Waals surface area contributed by atoms with Gasteiger partial charge in [-0.05, 0) is 46.2 Å². The van der Waals surface area contributed by atoms with E-state index in [-0.39, 0.29) is 5.92 Å². The van der Waals surface area contributed by atoms with Crippen molar-refractivity contribution >= 4 is 0 Å². The lowest BCUT2D eigenvalue weighted by Gasteiger charge is -2.31. The third-order valence-electron chi connectivity index (χ3n) is 3.20. The van der Waals surface area contributed by atoms with Gasteiger partial charge in [0.2, 0.25) is 0 Å². The second kappa shape index (κ2) is 7.13. The van der Waals surface area contributed by atoms with Gasteiger partial charge in [-0.3, -0.25) is 9.88 Å². The van der Waals surface area contributed by atoms with Gasteiger partial charge in [0.05, 0.1) is 17.7 Å². The van der Waals surface area contributed by atoms with Gasteiger partial charge in [0.1, 0.15) is 0 Å². The first kappa shape index (κ1) is 14.7. The molecule has 0 aliphatic heterocycles. The number of nitrogens with zero attached hydrogens (tertiary/aromatic N) is 3. The third kappa shape index (κ3) is 4.12. The van der Waals surface area contributed by atoms with Crippen molar-refractivity contribution in [3.05, 3.63) is 30.1 Å². The van der Waals surface area contributed by atoms with E-state index in [0.717, 1.165) is 18.7 Å². The number of nitriles is 1. The van der Waals surface area contributed by atoms with Crippen LogP contribution in [0.4, 0.5) is 0 Å². The fourth-order valence-electron chi connectivity index (χ4n) is 2.25. The minimum Gasteiger partial charge on any atom is -0.298 e. The highest BCUT2D eigenvalue weighted by Gasteiger charge is 2.17. The number of aromatic nitrogens is 1. The Morgan fingerprint density at radius 1 is 1.22 bits per heavy atom. The average Bonchev–Trinajstić information content (AvgIpc) is 2.34. The van der Waals surface area contributed by atoms with Gasteiger partial charge in [-0.25, -0.2) is 0 Å². The van der Waals surface area contributed by atoms with Crippen LogP contribution < -0.4 is 0 Å². The molecule has 0 fully saturated rings. The molecule has 0 saturated carbocycles. The van der Waals surface area contributed by atoms with E-state index in [1.165, 1.54) is 0 Å². The van der Waals surface area contributed by atoms with Crippen LogP contribution in [0.15, 0.2) is 24.4 Å². The zero-order valence-electron chi connectivity index (χ0n) is 11.8. The minimum absolute atomic E-state index is 0.105. The monoisotopic (exact) mass is 245 g/mol. The Hall–Kier alpha value is -1.40. The Bertz CT molecular complexity index is 370. The van der Waals surface area contributed by atoms with E-state index in [9.17, 15) is 5.26 Å². The summed E-state index contributed by atoms with van der Waals surface area (Å²) in [6.45, 7) is 9.72. The molecule has 0 spiro atoms. The summed E-state index contributed by atoms with van der Waals surface area (Å²) < 4.78 is 0. The molecule has 1 heterocycles. The smallest absolute Gasteiger partial charge is 0.0896 e. The SMILES string of the molecule is CC(C)N(CC[C@@H](C#N)c1ccccn1)C(C)C. The summed E-state index contributed by atoms with van der Waals surface area (Å²) in [5, 5.41) is 9.26. The Morgan fingerprint density at radius 3 is 2.33 bits per heavy atom. The largest absolute Gasteiger partial charge is 0.298 e. The molecule has 1 aromatic heterocycles. The lowest BCUT2D eigenvalue weighted by atomic mass is 10.0.